The summed E-state index contributed by atoms with van der Waals surface area (Å²) in [6, 6.07) is 7.34. The van der Waals surface area contributed by atoms with Crippen LogP contribution in [0.2, 0.25) is 0 Å². The Morgan fingerprint density at radius 3 is 2.78 bits per heavy atom. The predicted octanol–water partition coefficient (Wildman–Crippen LogP) is 4.46. The summed E-state index contributed by atoms with van der Waals surface area (Å²) in [7, 11) is 1.92. The zero-order chi connectivity index (χ0) is 13.1. The van der Waals surface area contributed by atoms with Crippen molar-refractivity contribution < 1.29 is 4.39 Å². The van der Waals surface area contributed by atoms with Gasteiger partial charge in [0, 0.05) is 15.4 Å². The van der Waals surface area contributed by atoms with Crippen LogP contribution < -0.4 is 5.32 Å². The number of halogens is 2. The van der Waals surface area contributed by atoms with E-state index in [0.29, 0.717) is 6.42 Å². The largest absolute Gasteiger partial charge is 0.312 e. The predicted molar refractivity (Wildman–Crippen MR) is 78.7 cm³/mol. The fraction of sp³-hybridized carbons (Fsp3) is 0.286. The molecule has 0 aliphatic carbocycles. The van der Waals surface area contributed by atoms with Crippen LogP contribution in [0.5, 0.6) is 0 Å². The van der Waals surface area contributed by atoms with E-state index in [9.17, 15) is 4.39 Å². The van der Waals surface area contributed by atoms with Crippen LogP contribution >= 0.6 is 27.3 Å². The van der Waals surface area contributed by atoms with Crippen LogP contribution in [-0.4, -0.2) is 7.05 Å². The number of hydrogen-bond acceptors (Lipinski definition) is 2. The number of likely N-dealkylation sites (N-methyl/N-ethyl adjacent to an activating group) is 1. The normalized spacial score (nSPS) is 12.7. The minimum absolute atomic E-state index is 0.146. The van der Waals surface area contributed by atoms with Gasteiger partial charge in [-0.05, 0) is 61.2 Å². The van der Waals surface area contributed by atoms with Crippen molar-refractivity contribution in [3.63, 3.8) is 0 Å². The standard InChI is InChI=1S/C14H15BrFNS/c1-9-5-6-18-14(9)13(17-2)8-10-7-11(15)3-4-12(10)16/h3-7,13,17H,8H2,1-2H3. The molecule has 0 spiro atoms. The molecule has 96 valence electrons. The highest BCUT2D eigenvalue weighted by Crippen LogP contribution is 2.28. The quantitative estimate of drug-likeness (QED) is 0.874. The zero-order valence-corrected chi connectivity index (χ0v) is 12.7. The van der Waals surface area contributed by atoms with E-state index >= 15 is 0 Å². The Kier molecular flexibility index (Phi) is 4.54. The molecule has 0 aliphatic heterocycles. The smallest absolute Gasteiger partial charge is 0.126 e. The third kappa shape index (κ3) is 2.99. The Balaban J connectivity index is 2.26. The second-order valence-corrected chi connectivity index (χ2v) is 6.11. The highest BCUT2D eigenvalue weighted by molar-refractivity contribution is 9.10. The highest BCUT2D eigenvalue weighted by Gasteiger charge is 2.16. The van der Waals surface area contributed by atoms with Crippen molar-refractivity contribution in [2.24, 2.45) is 0 Å². The van der Waals surface area contributed by atoms with Crippen molar-refractivity contribution >= 4 is 27.3 Å². The van der Waals surface area contributed by atoms with Crippen LogP contribution in [0.15, 0.2) is 34.1 Å². The molecule has 0 aliphatic rings. The lowest BCUT2D eigenvalue weighted by atomic mass is 10.0. The molecule has 0 fully saturated rings. The van der Waals surface area contributed by atoms with Crippen molar-refractivity contribution in [1.29, 1.82) is 0 Å². The van der Waals surface area contributed by atoms with Gasteiger partial charge in [-0.3, -0.25) is 0 Å². The molecular formula is C14H15BrFNS. The van der Waals surface area contributed by atoms with Gasteiger partial charge >= 0.3 is 0 Å². The first-order chi connectivity index (χ1) is 8.61. The van der Waals surface area contributed by atoms with Gasteiger partial charge in [0.2, 0.25) is 0 Å². The maximum absolute atomic E-state index is 13.8. The minimum Gasteiger partial charge on any atom is -0.312 e. The van der Waals surface area contributed by atoms with E-state index in [1.54, 1.807) is 17.4 Å². The summed E-state index contributed by atoms with van der Waals surface area (Å²) in [5.74, 6) is -0.146. The van der Waals surface area contributed by atoms with Gasteiger partial charge < -0.3 is 5.32 Å². The van der Waals surface area contributed by atoms with Crippen LogP contribution in [-0.2, 0) is 6.42 Å². The Morgan fingerprint density at radius 1 is 1.39 bits per heavy atom. The van der Waals surface area contributed by atoms with Crippen molar-refractivity contribution in [1.82, 2.24) is 5.32 Å². The van der Waals surface area contributed by atoms with Crippen molar-refractivity contribution in [3.05, 3.63) is 55.9 Å². The molecule has 1 nitrogen and oxygen atoms in total. The molecule has 1 aromatic heterocycles. The first-order valence-corrected chi connectivity index (χ1v) is 7.44. The third-order valence-electron chi connectivity index (χ3n) is 3.00. The van der Waals surface area contributed by atoms with Gasteiger partial charge in [0.05, 0.1) is 0 Å². The first kappa shape index (κ1) is 13.7. The van der Waals surface area contributed by atoms with Gasteiger partial charge in [0.15, 0.2) is 0 Å². The molecule has 0 bridgehead atoms. The van der Waals surface area contributed by atoms with Crippen molar-refractivity contribution in [3.8, 4) is 0 Å². The average molecular weight is 328 g/mol. The molecule has 0 saturated carbocycles. The van der Waals surface area contributed by atoms with E-state index in [0.717, 1.165) is 10.0 Å². The SMILES string of the molecule is CNC(Cc1cc(Br)ccc1F)c1sccc1C. The second-order valence-electron chi connectivity index (χ2n) is 4.25. The lowest BCUT2D eigenvalue weighted by molar-refractivity contribution is 0.558. The Hall–Kier alpha value is -0.710. The molecule has 1 heterocycles. The summed E-state index contributed by atoms with van der Waals surface area (Å²) >= 11 is 5.10. The van der Waals surface area contributed by atoms with E-state index < -0.39 is 0 Å². The topological polar surface area (TPSA) is 12.0 Å². The maximum atomic E-state index is 13.8. The van der Waals surface area contributed by atoms with Gasteiger partial charge in [0.25, 0.3) is 0 Å². The van der Waals surface area contributed by atoms with Crippen LogP contribution in [0.1, 0.15) is 22.0 Å². The first-order valence-electron chi connectivity index (χ1n) is 5.77. The number of benzene rings is 1. The van der Waals surface area contributed by atoms with Gasteiger partial charge in [-0.2, -0.15) is 0 Å². The molecule has 18 heavy (non-hydrogen) atoms. The summed E-state index contributed by atoms with van der Waals surface area (Å²) in [5.41, 5.74) is 1.99. The highest BCUT2D eigenvalue weighted by atomic mass is 79.9. The molecule has 1 unspecified atom stereocenters. The van der Waals surface area contributed by atoms with Crippen molar-refractivity contribution in [2.75, 3.05) is 7.05 Å². The molecule has 1 N–H and O–H groups in total. The van der Waals surface area contributed by atoms with Crippen LogP contribution in [0, 0.1) is 12.7 Å². The fourth-order valence-electron chi connectivity index (χ4n) is 1.99. The lowest BCUT2D eigenvalue weighted by Gasteiger charge is -2.16. The van der Waals surface area contributed by atoms with Crippen LogP contribution in [0.25, 0.3) is 0 Å². The van der Waals surface area contributed by atoms with Crippen molar-refractivity contribution in [2.45, 2.75) is 19.4 Å². The Labute approximate surface area is 119 Å². The van der Waals surface area contributed by atoms with Gasteiger partial charge in [0.1, 0.15) is 5.82 Å². The summed E-state index contributed by atoms with van der Waals surface area (Å²) in [5, 5.41) is 5.34. The monoisotopic (exact) mass is 327 g/mol. The van der Waals surface area contributed by atoms with Gasteiger partial charge in [-0.25, -0.2) is 4.39 Å². The molecule has 0 saturated heterocycles. The minimum atomic E-state index is -0.146. The van der Waals surface area contributed by atoms with E-state index in [1.807, 2.05) is 13.1 Å². The second kappa shape index (κ2) is 5.95. The zero-order valence-electron chi connectivity index (χ0n) is 10.3. The Morgan fingerprint density at radius 2 is 2.17 bits per heavy atom. The molecule has 4 heteroatoms. The number of rotatable bonds is 4. The number of thiophene rings is 1. The molecule has 1 atom stereocenters. The fourth-order valence-corrected chi connectivity index (χ4v) is 3.43. The summed E-state index contributed by atoms with van der Waals surface area (Å²) in [4.78, 5) is 1.27. The third-order valence-corrected chi connectivity index (χ3v) is 4.62. The van der Waals surface area contributed by atoms with E-state index in [2.05, 4.69) is 39.6 Å². The molecular weight excluding hydrogens is 313 g/mol. The Bertz CT molecular complexity index is 538. The molecule has 0 radical (unpaired) electrons. The summed E-state index contributed by atoms with van der Waals surface area (Å²) in [6.45, 7) is 2.09. The van der Waals surface area contributed by atoms with Crippen LogP contribution in [0.4, 0.5) is 4.39 Å². The van der Waals surface area contributed by atoms with Crippen LogP contribution in [0.3, 0.4) is 0 Å². The average Bonchev–Trinajstić information content (AvgIpc) is 2.77. The maximum Gasteiger partial charge on any atom is 0.126 e. The molecule has 0 amide bonds. The van der Waals surface area contributed by atoms with E-state index in [-0.39, 0.29) is 11.9 Å². The van der Waals surface area contributed by atoms with Gasteiger partial charge in [-0.15, -0.1) is 11.3 Å². The van der Waals surface area contributed by atoms with E-state index in [1.165, 1.54) is 16.5 Å². The van der Waals surface area contributed by atoms with Gasteiger partial charge in [-0.1, -0.05) is 15.9 Å². The van der Waals surface area contributed by atoms with E-state index in [4.69, 9.17) is 0 Å². The lowest BCUT2D eigenvalue weighted by Crippen LogP contribution is -2.19. The number of aryl methyl sites for hydroxylation is 1. The number of nitrogens with one attached hydrogen (secondary N) is 1. The summed E-state index contributed by atoms with van der Waals surface area (Å²) in [6.07, 6.45) is 0.656. The number of hydrogen-bond donors (Lipinski definition) is 1. The molecule has 2 aromatic rings. The summed E-state index contributed by atoms with van der Waals surface area (Å²) < 4.78 is 14.7. The molecule has 1 aromatic carbocycles. The molecule has 2 rings (SSSR count).